The molecule has 0 saturated heterocycles. The number of rotatable bonds is 3. The van der Waals surface area contributed by atoms with E-state index in [-0.39, 0.29) is 5.91 Å². The first-order chi connectivity index (χ1) is 9.92. The first kappa shape index (κ1) is 15.5. The number of hydrogen-bond donors (Lipinski definition) is 2. The van der Waals surface area contributed by atoms with E-state index in [0.29, 0.717) is 32.7 Å². The smallest absolute Gasteiger partial charge is 0.255 e. The Kier molecular flexibility index (Phi) is 4.60. The monoisotopic (exact) mass is 324 g/mol. The number of amides is 1. The fraction of sp³-hybridized carbons (Fsp3) is 0.133. The fourth-order valence-corrected chi connectivity index (χ4v) is 2.29. The molecule has 3 N–H and O–H groups in total. The lowest BCUT2D eigenvalue weighted by Crippen LogP contribution is -2.13. The number of carbonyl (C=O) groups excluding carboxylic acids is 1. The first-order valence-corrected chi connectivity index (χ1v) is 6.88. The number of carbonyl (C=O) groups is 1. The largest absolute Gasteiger partial charge is 0.497 e. The van der Waals surface area contributed by atoms with E-state index in [9.17, 15) is 4.79 Å². The third-order valence-corrected chi connectivity index (χ3v) is 3.75. The van der Waals surface area contributed by atoms with E-state index in [0.717, 1.165) is 5.56 Å². The van der Waals surface area contributed by atoms with Crippen LogP contribution in [0.3, 0.4) is 0 Å². The van der Waals surface area contributed by atoms with Crippen LogP contribution in [0.15, 0.2) is 30.3 Å². The van der Waals surface area contributed by atoms with Gasteiger partial charge in [-0.05, 0) is 30.7 Å². The summed E-state index contributed by atoms with van der Waals surface area (Å²) in [5.41, 5.74) is 7.73. The maximum absolute atomic E-state index is 12.3. The topological polar surface area (TPSA) is 64.3 Å². The van der Waals surface area contributed by atoms with Crippen molar-refractivity contribution in [3.63, 3.8) is 0 Å². The Morgan fingerprint density at radius 2 is 1.95 bits per heavy atom. The van der Waals surface area contributed by atoms with Gasteiger partial charge < -0.3 is 15.8 Å². The zero-order chi connectivity index (χ0) is 15.6. The molecule has 0 spiro atoms. The van der Waals surface area contributed by atoms with Gasteiger partial charge in [0.25, 0.3) is 5.91 Å². The number of nitrogens with two attached hydrogens (primary N) is 1. The highest BCUT2D eigenvalue weighted by molar-refractivity contribution is 6.40. The van der Waals surface area contributed by atoms with Crippen LogP contribution in [0.2, 0.25) is 10.0 Å². The lowest BCUT2D eigenvalue weighted by Gasteiger charge is -2.12. The minimum Gasteiger partial charge on any atom is -0.497 e. The molecule has 0 bridgehead atoms. The van der Waals surface area contributed by atoms with Crippen molar-refractivity contribution >= 4 is 40.5 Å². The first-order valence-electron chi connectivity index (χ1n) is 6.13. The molecular formula is C15H14Cl2N2O2. The summed E-state index contributed by atoms with van der Waals surface area (Å²) in [6.07, 6.45) is 0. The number of methoxy groups -OCH3 is 1. The van der Waals surface area contributed by atoms with Crippen molar-refractivity contribution < 1.29 is 9.53 Å². The number of hydrogen-bond acceptors (Lipinski definition) is 3. The molecule has 2 aromatic rings. The van der Waals surface area contributed by atoms with Crippen LogP contribution < -0.4 is 15.8 Å². The van der Waals surface area contributed by atoms with Crippen molar-refractivity contribution in [2.75, 3.05) is 18.2 Å². The molecule has 0 saturated carbocycles. The van der Waals surface area contributed by atoms with E-state index in [1.54, 1.807) is 30.3 Å². The highest BCUT2D eigenvalue weighted by Crippen LogP contribution is 2.33. The summed E-state index contributed by atoms with van der Waals surface area (Å²) in [7, 11) is 1.50. The van der Waals surface area contributed by atoms with Crippen molar-refractivity contribution in [3.8, 4) is 5.75 Å². The number of aryl methyl sites for hydroxylation is 1. The fourth-order valence-electron chi connectivity index (χ4n) is 1.83. The van der Waals surface area contributed by atoms with Gasteiger partial charge in [0.1, 0.15) is 5.75 Å². The molecule has 4 nitrogen and oxygen atoms in total. The van der Waals surface area contributed by atoms with Crippen LogP contribution in [0, 0.1) is 6.92 Å². The Hall–Kier alpha value is -1.91. The lowest BCUT2D eigenvalue weighted by molar-refractivity contribution is 0.102. The van der Waals surface area contributed by atoms with Crippen molar-refractivity contribution in [2.45, 2.75) is 6.92 Å². The van der Waals surface area contributed by atoms with Gasteiger partial charge in [0.05, 0.1) is 22.8 Å². The minimum absolute atomic E-state index is 0.362. The molecule has 0 aliphatic rings. The summed E-state index contributed by atoms with van der Waals surface area (Å²) < 4.78 is 5.09. The molecule has 2 rings (SSSR count). The molecule has 2 aromatic carbocycles. The second-order valence-electron chi connectivity index (χ2n) is 4.50. The average Bonchev–Trinajstić information content (AvgIpc) is 2.46. The summed E-state index contributed by atoms with van der Waals surface area (Å²) in [6, 6.07) is 8.23. The third-order valence-electron chi connectivity index (χ3n) is 2.95. The minimum atomic E-state index is -0.366. The Bertz CT molecular complexity index is 702. The van der Waals surface area contributed by atoms with Gasteiger partial charge in [-0.1, -0.05) is 29.3 Å². The highest BCUT2D eigenvalue weighted by Gasteiger charge is 2.14. The second-order valence-corrected chi connectivity index (χ2v) is 5.29. The quantitative estimate of drug-likeness (QED) is 0.834. The van der Waals surface area contributed by atoms with Crippen molar-refractivity contribution in [3.05, 3.63) is 51.5 Å². The number of nitrogen functional groups attached to an aromatic ring is 1. The molecule has 0 aliphatic heterocycles. The Morgan fingerprint density at radius 3 is 2.62 bits per heavy atom. The standard InChI is InChI=1S/C15H14Cl2N2O2/c1-8-3-4-12(16)14(13(8)17)19-15(20)9-5-10(18)7-11(6-9)21-2/h3-7H,18H2,1-2H3,(H,19,20). The van der Waals surface area contributed by atoms with Gasteiger partial charge in [-0.25, -0.2) is 0 Å². The van der Waals surface area contributed by atoms with Gasteiger partial charge in [-0.15, -0.1) is 0 Å². The van der Waals surface area contributed by atoms with Gasteiger partial charge in [0, 0.05) is 17.3 Å². The predicted molar refractivity (Wildman–Crippen MR) is 86.6 cm³/mol. The summed E-state index contributed by atoms with van der Waals surface area (Å²) in [6.45, 7) is 1.83. The maximum atomic E-state index is 12.3. The molecule has 0 aliphatic carbocycles. The van der Waals surface area contributed by atoms with Crippen LogP contribution in [0.4, 0.5) is 11.4 Å². The van der Waals surface area contributed by atoms with Gasteiger partial charge in [-0.3, -0.25) is 4.79 Å². The molecule has 0 heterocycles. The number of nitrogens with one attached hydrogen (secondary N) is 1. The number of benzene rings is 2. The molecule has 21 heavy (non-hydrogen) atoms. The second kappa shape index (κ2) is 6.24. The van der Waals surface area contributed by atoms with Crippen LogP contribution >= 0.6 is 23.2 Å². The van der Waals surface area contributed by atoms with Crippen molar-refractivity contribution in [1.82, 2.24) is 0 Å². The van der Waals surface area contributed by atoms with Gasteiger partial charge in [0.2, 0.25) is 0 Å². The summed E-state index contributed by atoms with van der Waals surface area (Å²) in [5.74, 6) is 0.136. The zero-order valence-corrected chi connectivity index (χ0v) is 13.0. The number of ether oxygens (including phenoxy) is 1. The van der Waals surface area contributed by atoms with E-state index < -0.39 is 0 Å². The normalized spacial score (nSPS) is 10.3. The molecule has 0 unspecified atom stereocenters. The van der Waals surface area contributed by atoms with Crippen molar-refractivity contribution in [1.29, 1.82) is 0 Å². The van der Waals surface area contributed by atoms with E-state index in [2.05, 4.69) is 5.32 Å². The summed E-state index contributed by atoms with van der Waals surface area (Å²) >= 11 is 12.2. The van der Waals surface area contributed by atoms with E-state index in [4.69, 9.17) is 33.7 Å². The maximum Gasteiger partial charge on any atom is 0.255 e. The number of anilines is 2. The Morgan fingerprint density at radius 1 is 1.24 bits per heavy atom. The summed E-state index contributed by atoms with van der Waals surface area (Å²) in [5, 5.41) is 3.48. The van der Waals surface area contributed by atoms with Crippen LogP contribution in [0.25, 0.3) is 0 Å². The van der Waals surface area contributed by atoms with E-state index in [1.807, 2.05) is 6.92 Å². The summed E-state index contributed by atoms with van der Waals surface area (Å²) in [4.78, 5) is 12.3. The average molecular weight is 325 g/mol. The lowest BCUT2D eigenvalue weighted by atomic mass is 10.1. The molecule has 110 valence electrons. The third kappa shape index (κ3) is 3.40. The van der Waals surface area contributed by atoms with Crippen LogP contribution in [-0.2, 0) is 0 Å². The number of halogens is 2. The molecule has 0 atom stereocenters. The van der Waals surface area contributed by atoms with Gasteiger partial charge in [-0.2, -0.15) is 0 Å². The molecule has 1 amide bonds. The molecular weight excluding hydrogens is 311 g/mol. The highest BCUT2D eigenvalue weighted by atomic mass is 35.5. The van der Waals surface area contributed by atoms with E-state index in [1.165, 1.54) is 7.11 Å². The van der Waals surface area contributed by atoms with Crippen molar-refractivity contribution in [2.24, 2.45) is 0 Å². The van der Waals surface area contributed by atoms with Crippen LogP contribution in [-0.4, -0.2) is 13.0 Å². The zero-order valence-electron chi connectivity index (χ0n) is 11.5. The SMILES string of the molecule is COc1cc(N)cc(C(=O)Nc2c(Cl)ccc(C)c2Cl)c1. The molecule has 6 heteroatoms. The molecule has 0 radical (unpaired) electrons. The van der Waals surface area contributed by atoms with Crippen LogP contribution in [0.5, 0.6) is 5.75 Å². The predicted octanol–water partition coefficient (Wildman–Crippen LogP) is 4.14. The van der Waals surface area contributed by atoms with Crippen LogP contribution in [0.1, 0.15) is 15.9 Å². The van der Waals surface area contributed by atoms with E-state index >= 15 is 0 Å². The molecule has 0 fully saturated rings. The molecule has 0 aromatic heterocycles. The van der Waals surface area contributed by atoms with Gasteiger partial charge >= 0.3 is 0 Å². The Balaban J connectivity index is 2.35. The van der Waals surface area contributed by atoms with Gasteiger partial charge in [0.15, 0.2) is 0 Å². The Labute approximate surface area is 132 Å².